The van der Waals surface area contributed by atoms with Crippen LogP contribution in [0.2, 0.25) is 0 Å². The Morgan fingerprint density at radius 3 is 2.75 bits per heavy atom. The summed E-state index contributed by atoms with van der Waals surface area (Å²) in [7, 11) is 0. The fraction of sp³-hybridized carbons (Fsp3) is 0.211. The number of para-hydroxylation sites is 1. The smallest absolute Gasteiger partial charge is 0.269 e. The van der Waals surface area contributed by atoms with E-state index >= 15 is 0 Å². The molecule has 0 saturated heterocycles. The van der Waals surface area contributed by atoms with Gasteiger partial charge in [0, 0.05) is 18.1 Å². The van der Waals surface area contributed by atoms with Crippen molar-refractivity contribution in [2.75, 3.05) is 11.9 Å². The highest BCUT2D eigenvalue weighted by molar-refractivity contribution is 5.93. The third-order valence-corrected chi connectivity index (χ3v) is 3.72. The van der Waals surface area contributed by atoms with Gasteiger partial charge in [-0.3, -0.25) is 9.78 Å². The first-order valence-corrected chi connectivity index (χ1v) is 8.13. The Morgan fingerprint density at radius 1 is 1.08 bits per heavy atom. The maximum absolute atomic E-state index is 12.0. The molecule has 2 heterocycles. The summed E-state index contributed by atoms with van der Waals surface area (Å²) < 4.78 is 0. The molecule has 0 radical (unpaired) electrons. The molecule has 0 bridgehead atoms. The minimum atomic E-state index is -0.137. The van der Waals surface area contributed by atoms with Crippen molar-refractivity contribution in [3.05, 3.63) is 60.6 Å². The normalized spacial score (nSPS) is 10.5. The van der Waals surface area contributed by atoms with Crippen molar-refractivity contribution >= 4 is 28.2 Å². The molecule has 0 fully saturated rings. The summed E-state index contributed by atoms with van der Waals surface area (Å²) in [5.41, 5.74) is 3.06. The van der Waals surface area contributed by atoms with E-state index in [9.17, 15) is 4.79 Å². The first-order chi connectivity index (χ1) is 11.8. The fourth-order valence-corrected chi connectivity index (χ4v) is 2.43. The molecule has 0 aliphatic carbocycles. The molecule has 3 aromatic rings. The zero-order valence-electron chi connectivity index (χ0n) is 13.6. The van der Waals surface area contributed by atoms with Crippen molar-refractivity contribution in [3.63, 3.8) is 0 Å². The number of carbonyl (C=O) groups is 1. The summed E-state index contributed by atoms with van der Waals surface area (Å²) in [5.74, 6) is -0.137. The van der Waals surface area contributed by atoms with E-state index < -0.39 is 0 Å². The van der Waals surface area contributed by atoms with Gasteiger partial charge in [-0.15, -0.1) is 0 Å². The highest BCUT2D eigenvalue weighted by atomic mass is 16.1. The van der Waals surface area contributed by atoms with Crippen LogP contribution in [0.4, 0.5) is 11.4 Å². The first-order valence-electron chi connectivity index (χ1n) is 8.13. The van der Waals surface area contributed by atoms with Gasteiger partial charge in [-0.25, -0.2) is 4.98 Å². The lowest BCUT2D eigenvalue weighted by Gasteiger charge is -2.09. The van der Waals surface area contributed by atoms with Crippen LogP contribution in [0.25, 0.3) is 10.9 Å². The van der Waals surface area contributed by atoms with Gasteiger partial charge in [-0.2, -0.15) is 0 Å². The predicted octanol–water partition coefficient (Wildman–Crippen LogP) is 3.90. The summed E-state index contributed by atoms with van der Waals surface area (Å²) in [4.78, 5) is 20.6. The molecule has 5 nitrogen and oxygen atoms in total. The van der Waals surface area contributed by atoms with Gasteiger partial charge in [0.2, 0.25) is 0 Å². The van der Waals surface area contributed by atoms with Crippen molar-refractivity contribution in [2.24, 2.45) is 0 Å². The van der Waals surface area contributed by atoms with Crippen LogP contribution in [0.1, 0.15) is 30.3 Å². The summed E-state index contributed by atoms with van der Waals surface area (Å²) in [6, 6.07) is 13.5. The second kappa shape index (κ2) is 7.55. The lowest BCUT2D eigenvalue weighted by atomic mass is 10.2. The number of nitrogens with zero attached hydrogens (tertiary/aromatic N) is 2. The van der Waals surface area contributed by atoms with Crippen LogP contribution in [0.5, 0.6) is 0 Å². The van der Waals surface area contributed by atoms with E-state index in [4.69, 9.17) is 0 Å². The Labute approximate surface area is 141 Å². The molecule has 3 rings (SSSR count). The highest BCUT2D eigenvalue weighted by Crippen LogP contribution is 2.24. The Kier molecular flexibility index (Phi) is 5.01. The second-order valence-corrected chi connectivity index (χ2v) is 5.55. The number of anilines is 2. The third kappa shape index (κ3) is 3.68. The van der Waals surface area contributed by atoms with Crippen molar-refractivity contribution in [1.29, 1.82) is 0 Å². The van der Waals surface area contributed by atoms with Crippen molar-refractivity contribution < 1.29 is 4.79 Å². The number of benzene rings is 1. The van der Waals surface area contributed by atoms with E-state index in [-0.39, 0.29) is 5.91 Å². The van der Waals surface area contributed by atoms with Gasteiger partial charge in [0.05, 0.1) is 23.1 Å². The van der Waals surface area contributed by atoms with E-state index in [1.54, 1.807) is 18.5 Å². The van der Waals surface area contributed by atoms with Gasteiger partial charge in [0.1, 0.15) is 5.69 Å². The summed E-state index contributed by atoms with van der Waals surface area (Å²) in [6.45, 7) is 2.77. The van der Waals surface area contributed by atoms with E-state index in [2.05, 4.69) is 27.5 Å². The van der Waals surface area contributed by atoms with E-state index in [1.165, 1.54) is 0 Å². The van der Waals surface area contributed by atoms with Crippen LogP contribution < -0.4 is 10.6 Å². The molecule has 24 heavy (non-hydrogen) atoms. The lowest BCUT2D eigenvalue weighted by molar-refractivity contribution is 0.0948. The van der Waals surface area contributed by atoms with E-state index in [0.717, 1.165) is 35.1 Å². The average Bonchev–Trinajstić information content (AvgIpc) is 2.63. The van der Waals surface area contributed by atoms with Crippen LogP contribution >= 0.6 is 0 Å². The van der Waals surface area contributed by atoms with Gasteiger partial charge >= 0.3 is 0 Å². The molecule has 0 aliphatic rings. The Morgan fingerprint density at radius 2 is 1.96 bits per heavy atom. The fourth-order valence-electron chi connectivity index (χ4n) is 2.43. The zero-order valence-corrected chi connectivity index (χ0v) is 13.6. The second-order valence-electron chi connectivity index (χ2n) is 5.55. The van der Waals surface area contributed by atoms with Gasteiger partial charge in [0.25, 0.3) is 5.91 Å². The van der Waals surface area contributed by atoms with Crippen LogP contribution in [0.3, 0.4) is 0 Å². The van der Waals surface area contributed by atoms with Crippen molar-refractivity contribution in [3.8, 4) is 0 Å². The van der Waals surface area contributed by atoms with Crippen molar-refractivity contribution in [2.45, 2.75) is 19.8 Å². The van der Waals surface area contributed by atoms with Crippen LogP contribution in [0, 0.1) is 0 Å². The molecule has 1 amide bonds. The summed E-state index contributed by atoms with van der Waals surface area (Å²) in [6.07, 6.45) is 5.46. The number of nitrogens with one attached hydrogen (secondary N) is 2. The number of pyridine rings is 2. The Bertz CT molecular complexity index is 825. The minimum Gasteiger partial charge on any atom is -0.352 e. The molecular weight excluding hydrogens is 300 g/mol. The molecule has 0 unspecified atom stereocenters. The maximum atomic E-state index is 12.0. The lowest BCUT2D eigenvalue weighted by Crippen LogP contribution is -2.25. The average molecular weight is 320 g/mol. The molecule has 2 N–H and O–H groups in total. The SMILES string of the molecule is CCCCNC(=O)c1ccc(Nc2cccc3cccnc23)cn1. The molecule has 2 aromatic heterocycles. The topological polar surface area (TPSA) is 66.9 Å². The molecule has 5 heteroatoms. The van der Waals surface area contributed by atoms with Crippen LogP contribution in [-0.2, 0) is 0 Å². The third-order valence-electron chi connectivity index (χ3n) is 3.72. The number of aromatic nitrogens is 2. The minimum absolute atomic E-state index is 0.137. The zero-order chi connectivity index (χ0) is 16.8. The van der Waals surface area contributed by atoms with Gasteiger partial charge in [0.15, 0.2) is 0 Å². The van der Waals surface area contributed by atoms with Gasteiger partial charge in [-0.05, 0) is 30.7 Å². The van der Waals surface area contributed by atoms with Gasteiger partial charge in [-0.1, -0.05) is 31.5 Å². The number of rotatable bonds is 6. The Balaban J connectivity index is 1.73. The number of amides is 1. The molecule has 0 saturated carbocycles. The molecule has 1 aromatic carbocycles. The maximum Gasteiger partial charge on any atom is 0.269 e. The summed E-state index contributed by atoms with van der Waals surface area (Å²) in [5, 5.41) is 7.24. The molecule has 0 aliphatic heterocycles. The number of unbranched alkanes of at least 4 members (excludes halogenated alkanes) is 1. The van der Waals surface area contributed by atoms with Crippen LogP contribution in [-0.4, -0.2) is 22.4 Å². The standard InChI is InChI=1S/C19H20N4O/c1-2-3-11-21-19(24)17-10-9-15(13-22-17)23-16-8-4-6-14-7-5-12-20-18(14)16/h4-10,12-13,23H,2-3,11H2,1H3,(H,21,24). The van der Waals surface area contributed by atoms with E-state index in [1.807, 2.05) is 36.4 Å². The van der Waals surface area contributed by atoms with Gasteiger partial charge < -0.3 is 10.6 Å². The number of hydrogen-bond donors (Lipinski definition) is 2. The Hall–Kier alpha value is -2.95. The number of fused-ring (bicyclic) bond motifs is 1. The molecular formula is C19H20N4O. The monoisotopic (exact) mass is 320 g/mol. The quantitative estimate of drug-likeness (QED) is 0.676. The van der Waals surface area contributed by atoms with Crippen molar-refractivity contribution in [1.82, 2.24) is 15.3 Å². The molecule has 122 valence electrons. The number of carbonyl (C=O) groups excluding carboxylic acids is 1. The highest BCUT2D eigenvalue weighted by Gasteiger charge is 2.07. The largest absolute Gasteiger partial charge is 0.352 e. The first kappa shape index (κ1) is 15.9. The molecule has 0 spiro atoms. The molecule has 0 atom stereocenters. The van der Waals surface area contributed by atoms with E-state index in [0.29, 0.717) is 12.2 Å². The summed E-state index contributed by atoms with van der Waals surface area (Å²) >= 11 is 0. The number of hydrogen-bond acceptors (Lipinski definition) is 4. The van der Waals surface area contributed by atoms with Crippen LogP contribution in [0.15, 0.2) is 54.9 Å². The predicted molar refractivity (Wildman–Crippen MR) is 96.5 cm³/mol.